The van der Waals surface area contributed by atoms with E-state index in [4.69, 9.17) is 14.0 Å². The number of rotatable bonds is 20. The molecule has 0 bridgehead atoms. The molecule has 6 atom stereocenters. The first kappa shape index (κ1) is 53.0. The number of carbonyl (C=O) groups is 2. The van der Waals surface area contributed by atoms with Crippen molar-refractivity contribution in [2.75, 3.05) is 45.2 Å². The largest absolute Gasteiger partial charge is 0.756 e. The average Bonchev–Trinajstić information content (AvgIpc) is 3.63. The number of aliphatic hydroxyl groups is 1. The fourth-order valence-corrected chi connectivity index (χ4v) is 10.7. The van der Waals surface area contributed by atoms with Gasteiger partial charge in [-0.2, -0.15) is 4.31 Å². The lowest BCUT2D eigenvalue weighted by Crippen LogP contribution is -2.76. The number of nitrogens with one attached hydrogen (secondary N) is 4. The minimum atomic E-state index is -5.87. The highest BCUT2D eigenvalue weighted by Crippen LogP contribution is 2.65. The topological polar surface area (TPSA) is 336 Å². The molecular formula is C43H53N6O17P3. The smallest absolute Gasteiger partial charge is 0.487 e. The second-order valence-electron chi connectivity index (χ2n) is 16.0. The van der Waals surface area contributed by atoms with E-state index in [1.807, 2.05) is 58.0 Å². The van der Waals surface area contributed by atoms with Gasteiger partial charge in [0.1, 0.15) is 30.2 Å². The second-order valence-corrected chi connectivity index (χ2v) is 20.4. The lowest BCUT2D eigenvalue weighted by Gasteiger charge is -2.22. The number of ether oxygens (including phenoxy) is 1. The zero-order valence-electron chi connectivity index (χ0n) is 38.1. The Bertz CT molecular complexity index is 3070. The molecule has 0 radical (unpaired) electrons. The Hall–Kier alpha value is -5.38. The zero-order chi connectivity index (χ0) is 50.4. The third kappa shape index (κ3) is 13.5. The van der Waals surface area contributed by atoms with Gasteiger partial charge in [0.05, 0.1) is 24.3 Å². The normalized spacial score (nSPS) is 19.1. The van der Waals surface area contributed by atoms with E-state index in [9.17, 15) is 52.7 Å². The third-order valence-electron chi connectivity index (χ3n) is 10.9. The van der Waals surface area contributed by atoms with Crippen molar-refractivity contribution >= 4 is 58.0 Å². The van der Waals surface area contributed by atoms with E-state index in [1.165, 1.54) is 12.2 Å². The van der Waals surface area contributed by atoms with Crippen LogP contribution in [0.3, 0.4) is 0 Å². The van der Waals surface area contributed by atoms with Gasteiger partial charge in [-0.1, -0.05) is 30.4 Å². The van der Waals surface area contributed by atoms with Crippen LogP contribution in [0.5, 0.6) is 0 Å². The summed E-state index contributed by atoms with van der Waals surface area (Å²) in [6, 6.07) is 15.5. The van der Waals surface area contributed by atoms with Crippen molar-refractivity contribution < 1.29 is 75.3 Å². The van der Waals surface area contributed by atoms with Crippen molar-refractivity contribution in [3.8, 4) is 22.5 Å². The van der Waals surface area contributed by atoms with Crippen molar-refractivity contribution in [3.05, 3.63) is 109 Å². The molecule has 26 heteroatoms. The SMILES string of the molecule is CCNc1cc2oc3cc(=[NH+]CC)c(C)cc-3c(-c3ccccc3C(=O)N(C)CCCC(=O)NC/C=C/c3cn([C@H]4C[C@H](O)[C@@H](COP(=O)(O)OP(=O)(O)OP(=O)([O-])O)O4)c(=O)[nH]c3=O)c2cc1C. The standard InChI is InChI=1S/C43H53N6O17P3/c1-6-44-32-20-35-30(18-25(32)3)40(31-19-26(4)33(45-7-2)21-36(31)63-35)28-13-8-9-14-29(28)42(53)48(5)17-11-15-38(51)46-16-10-12-27-23-49(43(54)47-41(27)52)39-22-34(50)37(64-39)24-62-68(58,59)66-69(60,61)65-67(55,56)57/h8-10,12-14,18-21,23,34,37,39,44,50H,6-7,11,15-17,22,24H2,1-5H3,(H,46,51)(H,58,59)(H,60,61)(H,47,52,54)(H2,55,56,57)/b12-10+,45-33?/t34-,37+,39+/m0/s1. The minimum absolute atomic E-state index is 0.0202. The van der Waals surface area contributed by atoms with Crippen LogP contribution in [0.15, 0.2) is 74.8 Å². The second kappa shape index (κ2) is 22.1. The maximum Gasteiger partial charge on any atom is 0.487 e. The summed E-state index contributed by atoms with van der Waals surface area (Å²) in [5.41, 5.74) is 4.77. The van der Waals surface area contributed by atoms with E-state index in [2.05, 4.69) is 45.9 Å². The summed E-state index contributed by atoms with van der Waals surface area (Å²) in [4.78, 5) is 97.7. The predicted molar refractivity (Wildman–Crippen MR) is 248 cm³/mol. The first-order chi connectivity index (χ1) is 32.5. The number of aromatic nitrogens is 2. The molecule has 0 spiro atoms. The molecule has 3 aliphatic rings. The van der Waals surface area contributed by atoms with Gasteiger partial charge in [-0.05, 0) is 63.4 Å². The number of anilines is 1. The van der Waals surface area contributed by atoms with Crippen LogP contribution in [-0.2, 0) is 36.4 Å². The summed E-state index contributed by atoms with van der Waals surface area (Å²) in [6.07, 6.45) is -0.183. The highest BCUT2D eigenvalue weighted by Gasteiger charge is 2.41. The number of hydrogen-bond donors (Lipinski definition) is 8. The van der Waals surface area contributed by atoms with Crippen LogP contribution in [0, 0.1) is 13.8 Å². The molecule has 6 rings (SSSR count). The number of amides is 2. The molecule has 8 N–H and O–H groups in total. The van der Waals surface area contributed by atoms with Crippen molar-refractivity contribution in [2.45, 2.75) is 65.4 Å². The number of aliphatic hydroxyl groups excluding tert-OH is 1. The number of H-pyrrole nitrogens is 1. The number of phosphoric ester groups is 1. The van der Waals surface area contributed by atoms with Crippen molar-refractivity contribution in [1.82, 2.24) is 19.8 Å². The molecular weight excluding hydrogens is 965 g/mol. The van der Waals surface area contributed by atoms with Crippen LogP contribution in [-0.4, -0.2) is 98.1 Å². The van der Waals surface area contributed by atoms with Crippen LogP contribution in [0.1, 0.15) is 66.4 Å². The maximum absolute atomic E-state index is 14.2. The van der Waals surface area contributed by atoms with Gasteiger partial charge in [-0.25, -0.2) is 23.2 Å². The molecule has 0 saturated carbocycles. The number of benzene rings is 3. The fraction of sp³-hybridized carbons (Fsp3) is 0.372. The molecule has 2 aliphatic heterocycles. The lowest BCUT2D eigenvalue weighted by atomic mass is 9.89. The lowest BCUT2D eigenvalue weighted by molar-refractivity contribution is -0.496. The van der Waals surface area contributed by atoms with Crippen LogP contribution >= 0.6 is 23.5 Å². The molecule has 3 heterocycles. The number of aromatic amines is 1. The molecule has 2 amide bonds. The van der Waals surface area contributed by atoms with Gasteiger partial charge >= 0.3 is 21.3 Å². The zero-order valence-corrected chi connectivity index (χ0v) is 40.8. The summed E-state index contributed by atoms with van der Waals surface area (Å²) >= 11 is 0. The molecule has 3 unspecified atom stereocenters. The Labute approximate surface area is 394 Å². The molecule has 23 nitrogen and oxygen atoms in total. The molecule has 69 heavy (non-hydrogen) atoms. The summed E-state index contributed by atoms with van der Waals surface area (Å²) < 4.78 is 59.1. The Kier molecular flexibility index (Phi) is 17.0. The maximum atomic E-state index is 14.2. The van der Waals surface area contributed by atoms with E-state index >= 15 is 0 Å². The van der Waals surface area contributed by atoms with Gasteiger partial charge in [-0.15, -0.1) is 0 Å². The Balaban J connectivity index is 1.07. The van der Waals surface area contributed by atoms with E-state index in [0.717, 1.165) is 68.1 Å². The molecule has 1 fully saturated rings. The van der Waals surface area contributed by atoms with Gasteiger partial charge in [-0.3, -0.25) is 33.0 Å². The average molecular weight is 1020 g/mol. The first-order valence-electron chi connectivity index (χ1n) is 21.6. The van der Waals surface area contributed by atoms with Gasteiger partial charge in [0.2, 0.25) is 11.3 Å². The van der Waals surface area contributed by atoms with E-state index in [0.29, 0.717) is 23.3 Å². The molecule has 1 aromatic heterocycles. The fourth-order valence-electron chi connectivity index (χ4n) is 7.71. The summed E-state index contributed by atoms with van der Waals surface area (Å²) in [5, 5.41) is 18.4. The van der Waals surface area contributed by atoms with Crippen molar-refractivity contribution in [2.24, 2.45) is 0 Å². The number of carbonyl (C=O) groups excluding carboxylic acids is 2. The Morgan fingerprint density at radius 1 is 1.03 bits per heavy atom. The first-order valence-corrected chi connectivity index (χ1v) is 26.0. The Morgan fingerprint density at radius 2 is 1.77 bits per heavy atom. The predicted octanol–water partition coefficient (Wildman–Crippen LogP) is 2.15. The van der Waals surface area contributed by atoms with E-state index in [-0.39, 0.29) is 43.3 Å². The molecule has 3 aromatic rings. The third-order valence-corrected chi connectivity index (χ3v) is 14.6. The van der Waals surface area contributed by atoms with Gasteiger partial charge < -0.3 is 49.4 Å². The number of phosphoric acid groups is 3. The van der Waals surface area contributed by atoms with Crippen molar-refractivity contribution in [1.29, 1.82) is 0 Å². The van der Waals surface area contributed by atoms with Gasteiger partial charge in [0.25, 0.3) is 19.3 Å². The molecule has 1 aliphatic carbocycles. The Morgan fingerprint density at radius 3 is 2.48 bits per heavy atom. The quantitative estimate of drug-likeness (QED) is 0.0409. The summed E-state index contributed by atoms with van der Waals surface area (Å²) in [7, 11) is -15.6. The number of nitrogens with zero attached hydrogens (tertiary/aromatic N) is 2. The minimum Gasteiger partial charge on any atom is -0.756 e. The monoisotopic (exact) mass is 1020 g/mol. The van der Waals surface area contributed by atoms with Crippen LogP contribution in [0.4, 0.5) is 5.69 Å². The number of aryl methyl sites for hydroxylation is 2. The van der Waals surface area contributed by atoms with Crippen molar-refractivity contribution in [3.63, 3.8) is 0 Å². The molecule has 372 valence electrons. The number of fused-ring (bicyclic) bond motifs is 2. The molecule has 1 saturated heterocycles. The summed E-state index contributed by atoms with van der Waals surface area (Å²) in [6.45, 7) is 8.80. The summed E-state index contributed by atoms with van der Waals surface area (Å²) in [5.74, 6) is 0.0870. The molecule has 2 aromatic carbocycles. The van der Waals surface area contributed by atoms with E-state index in [1.54, 1.807) is 18.0 Å². The van der Waals surface area contributed by atoms with Crippen LogP contribution < -0.4 is 37.1 Å². The highest BCUT2D eigenvalue weighted by atomic mass is 31.3. The van der Waals surface area contributed by atoms with Gasteiger partial charge in [0.15, 0.2) is 0 Å². The van der Waals surface area contributed by atoms with E-state index < -0.39 is 59.8 Å². The van der Waals surface area contributed by atoms with Crippen LogP contribution in [0.25, 0.3) is 39.5 Å². The highest BCUT2D eigenvalue weighted by molar-refractivity contribution is 7.66. The van der Waals surface area contributed by atoms with Gasteiger partial charge in [0, 0.05) is 85.1 Å². The van der Waals surface area contributed by atoms with Crippen LogP contribution in [0.2, 0.25) is 0 Å². The number of hydrogen-bond acceptors (Lipinski definition) is 15.